The zero-order valence-corrected chi connectivity index (χ0v) is 5.57. The first-order chi connectivity index (χ1) is 4.29. The average molecular weight is 140 g/mol. The molecule has 0 bridgehead atoms. The second-order valence-electron chi connectivity index (χ2n) is 1.56. The molecule has 1 amide bonds. The SMILES string of the molecule is [CH2]C(=O)Nc1ccsc1. The lowest BCUT2D eigenvalue weighted by molar-refractivity contribution is -0.112. The number of hydrogen-bond donors (Lipinski definition) is 1. The highest BCUT2D eigenvalue weighted by molar-refractivity contribution is 7.08. The van der Waals surface area contributed by atoms with Gasteiger partial charge in [0, 0.05) is 12.3 Å². The molecule has 3 heteroatoms. The maximum Gasteiger partial charge on any atom is 0.224 e. The van der Waals surface area contributed by atoms with Crippen LogP contribution >= 0.6 is 11.3 Å². The van der Waals surface area contributed by atoms with Gasteiger partial charge in [-0.25, -0.2) is 0 Å². The molecule has 0 saturated heterocycles. The van der Waals surface area contributed by atoms with Crippen LogP contribution in [0.15, 0.2) is 16.8 Å². The van der Waals surface area contributed by atoms with Gasteiger partial charge in [0.25, 0.3) is 0 Å². The van der Waals surface area contributed by atoms with Crippen LogP contribution in [0.25, 0.3) is 0 Å². The molecule has 1 rings (SSSR count). The van der Waals surface area contributed by atoms with Crippen molar-refractivity contribution in [2.24, 2.45) is 0 Å². The normalized spacial score (nSPS) is 9.00. The number of carbonyl (C=O) groups is 1. The van der Waals surface area contributed by atoms with Crippen LogP contribution in [0.4, 0.5) is 5.69 Å². The van der Waals surface area contributed by atoms with E-state index in [0.29, 0.717) is 0 Å². The fourth-order valence-corrected chi connectivity index (χ4v) is 1.08. The molecule has 2 nitrogen and oxygen atoms in total. The molecule has 0 saturated carbocycles. The van der Waals surface area contributed by atoms with E-state index in [1.807, 2.05) is 16.8 Å². The Kier molecular flexibility index (Phi) is 1.85. The van der Waals surface area contributed by atoms with Crippen LogP contribution in [0.2, 0.25) is 0 Å². The summed E-state index contributed by atoms with van der Waals surface area (Å²) >= 11 is 1.54. The minimum Gasteiger partial charge on any atom is -0.325 e. The van der Waals surface area contributed by atoms with Crippen LogP contribution < -0.4 is 5.32 Å². The van der Waals surface area contributed by atoms with Crippen molar-refractivity contribution in [1.82, 2.24) is 0 Å². The molecule has 1 N–H and O–H groups in total. The van der Waals surface area contributed by atoms with Crippen LogP contribution in [0.5, 0.6) is 0 Å². The highest BCUT2D eigenvalue weighted by Gasteiger charge is 1.91. The van der Waals surface area contributed by atoms with Gasteiger partial charge in [0.15, 0.2) is 0 Å². The molecule has 0 aliphatic heterocycles. The lowest BCUT2D eigenvalue weighted by atomic mass is 10.5. The topological polar surface area (TPSA) is 29.1 Å². The lowest BCUT2D eigenvalue weighted by Crippen LogP contribution is -2.04. The number of hydrogen-bond acceptors (Lipinski definition) is 2. The third-order valence-electron chi connectivity index (χ3n) is 0.805. The largest absolute Gasteiger partial charge is 0.325 e. The summed E-state index contributed by atoms with van der Waals surface area (Å²) in [5.74, 6) is -0.270. The minimum absolute atomic E-state index is 0.270. The molecule has 0 spiro atoms. The van der Waals surface area contributed by atoms with Gasteiger partial charge in [0.1, 0.15) is 0 Å². The molecule has 0 fully saturated rings. The minimum atomic E-state index is -0.270. The van der Waals surface area contributed by atoms with Gasteiger partial charge in [-0.15, -0.1) is 0 Å². The molecule has 0 unspecified atom stereocenters. The van der Waals surface area contributed by atoms with E-state index in [1.165, 1.54) is 11.3 Å². The molecule has 1 radical (unpaired) electrons. The quantitative estimate of drug-likeness (QED) is 0.629. The average Bonchev–Trinajstić information content (AvgIpc) is 2.15. The third kappa shape index (κ3) is 1.85. The standard InChI is InChI=1S/C6H6NOS/c1-5(8)7-6-2-3-9-4-6/h2-4H,1H2,(H,7,8). The van der Waals surface area contributed by atoms with Crippen LogP contribution in [0.3, 0.4) is 0 Å². The molecule has 0 atom stereocenters. The maximum absolute atomic E-state index is 10.3. The van der Waals surface area contributed by atoms with Crippen LogP contribution in [-0.2, 0) is 4.79 Å². The van der Waals surface area contributed by atoms with Gasteiger partial charge in [0.2, 0.25) is 5.91 Å². The second kappa shape index (κ2) is 2.64. The maximum atomic E-state index is 10.3. The Morgan fingerprint density at radius 3 is 3.00 bits per heavy atom. The predicted molar refractivity (Wildman–Crippen MR) is 38.3 cm³/mol. The van der Waals surface area contributed by atoms with Crippen LogP contribution in [0.1, 0.15) is 0 Å². The van der Waals surface area contributed by atoms with Crippen molar-refractivity contribution >= 4 is 22.9 Å². The van der Waals surface area contributed by atoms with E-state index >= 15 is 0 Å². The Labute approximate surface area is 57.5 Å². The number of anilines is 1. The van der Waals surface area contributed by atoms with E-state index in [9.17, 15) is 4.79 Å². The van der Waals surface area contributed by atoms with Crippen molar-refractivity contribution < 1.29 is 4.79 Å². The Balaban J connectivity index is 2.58. The first kappa shape index (κ1) is 6.29. The first-order valence-corrected chi connectivity index (χ1v) is 3.38. The molecule has 0 aromatic carbocycles. The second-order valence-corrected chi connectivity index (χ2v) is 2.34. The Bertz CT molecular complexity index is 193. The van der Waals surface area contributed by atoms with Gasteiger partial charge in [-0.2, -0.15) is 11.3 Å². The molecule has 47 valence electrons. The van der Waals surface area contributed by atoms with E-state index in [2.05, 4.69) is 12.2 Å². The van der Waals surface area contributed by atoms with E-state index in [4.69, 9.17) is 0 Å². The van der Waals surface area contributed by atoms with Gasteiger partial charge >= 0.3 is 0 Å². The summed E-state index contributed by atoms with van der Waals surface area (Å²) in [7, 11) is 0. The molecular weight excluding hydrogens is 134 g/mol. The molecule has 9 heavy (non-hydrogen) atoms. The van der Waals surface area contributed by atoms with Crippen molar-refractivity contribution in [3.63, 3.8) is 0 Å². The summed E-state index contributed by atoms with van der Waals surface area (Å²) in [6.45, 7) is 3.17. The van der Waals surface area contributed by atoms with Crippen molar-refractivity contribution in [3.8, 4) is 0 Å². The van der Waals surface area contributed by atoms with E-state index in [1.54, 1.807) is 0 Å². The van der Waals surface area contributed by atoms with Crippen molar-refractivity contribution in [1.29, 1.82) is 0 Å². The fraction of sp³-hybridized carbons (Fsp3) is 0. The molecule has 1 aromatic heterocycles. The summed E-state index contributed by atoms with van der Waals surface area (Å²) in [5.41, 5.74) is 0.819. The highest BCUT2D eigenvalue weighted by Crippen LogP contribution is 2.10. The van der Waals surface area contributed by atoms with E-state index in [-0.39, 0.29) is 5.91 Å². The first-order valence-electron chi connectivity index (χ1n) is 2.44. The number of nitrogens with one attached hydrogen (secondary N) is 1. The molecular formula is C6H6NOS. The fourth-order valence-electron chi connectivity index (χ4n) is 0.497. The Hall–Kier alpha value is -0.830. The number of carbonyl (C=O) groups excluding carboxylic acids is 1. The third-order valence-corrected chi connectivity index (χ3v) is 1.49. The van der Waals surface area contributed by atoms with Crippen molar-refractivity contribution in [3.05, 3.63) is 23.8 Å². The Morgan fingerprint density at radius 1 is 1.78 bits per heavy atom. The molecule has 0 aliphatic carbocycles. The van der Waals surface area contributed by atoms with Crippen LogP contribution in [-0.4, -0.2) is 5.91 Å². The Morgan fingerprint density at radius 2 is 2.56 bits per heavy atom. The predicted octanol–water partition coefficient (Wildman–Crippen LogP) is 1.52. The van der Waals surface area contributed by atoms with Gasteiger partial charge in [-0.05, 0) is 11.4 Å². The number of amides is 1. The monoisotopic (exact) mass is 140 g/mol. The smallest absolute Gasteiger partial charge is 0.224 e. The highest BCUT2D eigenvalue weighted by atomic mass is 32.1. The molecule has 1 heterocycles. The van der Waals surface area contributed by atoms with Crippen molar-refractivity contribution in [2.75, 3.05) is 5.32 Å². The summed E-state index contributed by atoms with van der Waals surface area (Å²) in [6, 6.07) is 1.83. The zero-order chi connectivity index (χ0) is 6.69. The summed E-state index contributed by atoms with van der Waals surface area (Å²) in [6.07, 6.45) is 0. The van der Waals surface area contributed by atoms with Gasteiger partial charge in [-0.3, -0.25) is 4.79 Å². The van der Waals surface area contributed by atoms with Gasteiger partial charge in [-0.1, -0.05) is 0 Å². The zero-order valence-electron chi connectivity index (χ0n) is 4.76. The number of thiophene rings is 1. The summed E-state index contributed by atoms with van der Waals surface area (Å²) in [4.78, 5) is 10.3. The molecule has 0 aliphatic rings. The summed E-state index contributed by atoms with van der Waals surface area (Å²) < 4.78 is 0. The van der Waals surface area contributed by atoms with Gasteiger partial charge in [0.05, 0.1) is 5.69 Å². The van der Waals surface area contributed by atoms with Gasteiger partial charge < -0.3 is 5.32 Å². The van der Waals surface area contributed by atoms with Crippen LogP contribution in [0, 0.1) is 6.92 Å². The number of rotatable bonds is 1. The van der Waals surface area contributed by atoms with Crippen molar-refractivity contribution in [2.45, 2.75) is 0 Å². The molecule has 1 aromatic rings. The van der Waals surface area contributed by atoms with E-state index in [0.717, 1.165) is 5.69 Å². The lowest BCUT2D eigenvalue weighted by Gasteiger charge is -1.92. The van der Waals surface area contributed by atoms with E-state index < -0.39 is 0 Å². The summed E-state index contributed by atoms with van der Waals surface area (Å²) in [5, 5.41) is 6.29.